The maximum Gasteiger partial charge on any atom is 0.160 e. The van der Waals surface area contributed by atoms with E-state index in [9.17, 15) is 0 Å². The minimum Gasteiger partial charge on any atom is -0.310 e. The zero-order valence-electron chi connectivity index (χ0n) is 12.7. The maximum absolute atomic E-state index is 4.71. The van der Waals surface area contributed by atoms with Crippen molar-refractivity contribution < 1.29 is 0 Å². The van der Waals surface area contributed by atoms with E-state index >= 15 is 0 Å². The second kappa shape index (κ2) is 5.85. The van der Waals surface area contributed by atoms with Gasteiger partial charge in [0.25, 0.3) is 0 Å². The molecule has 0 atom stereocenters. The fraction of sp³-hybridized carbons (Fsp3) is 0.412. The van der Waals surface area contributed by atoms with Crippen molar-refractivity contribution in [2.45, 2.75) is 46.2 Å². The molecule has 1 aromatic heterocycles. The first-order chi connectivity index (χ1) is 10.0. The first-order valence-corrected chi connectivity index (χ1v) is 8.18. The Bertz CT molecular complexity index is 655. The summed E-state index contributed by atoms with van der Waals surface area (Å²) in [6.45, 7) is 7.10. The number of rotatable bonds is 4. The highest BCUT2D eigenvalue weighted by Crippen LogP contribution is 2.28. The van der Waals surface area contributed by atoms with Crippen molar-refractivity contribution in [3.63, 3.8) is 0 Å². The average molecular weight is 346 g/mol. The molecule has 0 amide bonds. The molecule has 110 valence electrons. The molecule has 0 bridgehead atoms. The van der Waals surface area contributed by atoms with Crippen molar-refractivity contribution in [3.8, 4) is 11.4 Å². The van der Waals surface area contributed by atoms with Gasteiger partial charge in [-0.25, -0.2) is 9.97 Å². The third-order valence-electron chi connectivity index (χ3n) is 3.93. The molecule has 21 heavy (non-hydrogen) atoms. The van der Waals surface area contributed by atoms with Crippen LogP contribution in [0.4, 0.5) is 0 Å². The lowest BCUT2D eigenvalue weighted by Crippen LogP contribution is -2.18. The summed E-state index contributed by atoms with van der Waals surface area (Å²) in [5.41, 5.74) is 5.64. The van der Waals surface area contributed by atoms with Crippen molar-refractivity contribution in [3.05, 3.63) is 45.2 Å². The highest BCUT2D eigenvalue weighted by atomic mass is 79.9. The van der Waals surface area contributed by atoms with Gasteiger partial charge in [-0.1, -0.05) is 22.0 Å². The Kier molecular flexibility index (Phi) is 4.09. The normalized spacial score (nSPS) is 14.5. The van der Waals surface area contributed by atoms with E-state index in [1.54, 1.807) is 0 Å². The van der Waals surface area contributed by atoms with Gasteiger partial charge in [0.2, 0.25) is 0 Å². The SMILES string of the molecule is Cc1ccc(-c2nc(C)c(CNC3CC3)c(C)n2)c(Br)c1. The van der Waals surface area contributed by atoms with Crippen LogP contribution in [0.1, 0.15) is 35.4 Å². The molecule has 2 aromatic rings. The molecule has 1 aliphatic rings. The summed E-state index contributed by atoms with van der Waals surface area (Å²) in [6, 6.07) is 6.98. The van der Waals surface area contributed by atoms with Gasteiger partial charge in [-0.15, -0.1) is 0 Å². The number of aryl methyl sites for hydroxylation is 3. The molecule has 1 fully saturated rings. The number of halogens is 1. The number of aromatic nitrogens is 2. The van der Waals surface area contributed by atoms with Crippen molar-refractivity contribution >= 4 is 15.9 Å². The second-order valence-corrected chi connectivity index (χ2v) is 6.69. The number of nitrogens with one attached hydrogen (secondary N) is 1. The molecule has 0 saturated heterocycles. The zero-order chi connectivity index (χ0) is 15.0. The zero-order valence-corrected chi connectivity index (χ0v) is 14.3. The van der Waals surface area contributed by atoms with E-state index in [1.807, 2.05) is 0 Å². The van der Waals surface area contributed by atoms with Gasteiger partial charge in [-0.2, -0.15) is 0 Å². The lowest BCUT2D eigenvalue weighted by Gasteiger charge is -2.12. The number of hydrogen-bond donors (Lipinski definition) is 1. The molecular formula is C17H20BrN3. The molecule has 0 unspecified atom stereocenters. The number of hydrogen-bond acceptors (Lipinski definition) is 3. The van der Waals surface area contributed by atoms with Crippen LogP contribution in [-0.2, 0) is 6.54 Å². The van der Waals surface area contributed by atoms with Crippen LogP contribution in [0.25, 0.3) is 11.4 Å². The van der Waals surface area contributed by atoms with Crippen LogP contribution in [0.5, 0.6) is 0 Å². The quantitative estimate of drug-likeness (QED) is 0.906. The van der Waals surface area contributed by atoms with E-state index in [2.05, 4.69) is 60.2 Å². The van der Waals surface area contributed by atoms with Gasteiger partial charge in [0.15, 0.2) is 5.82 Å². The van der Waals surface area contributed by atoms with E-state index in [4.69, 9.17) is 9.97 Å². The molecule has 1 N–H and O–H groups in total. The standard InChI is InChI=1S/C17H20BrN3/c1-10-4-7-14(16(18)8-10)17-20-11(2)15(12(3)21-17)9-19-13-5-6-13/h4,7-8,13,19H,5-6,9H2,1-3H3. The molecule has 3 rings (SSSR count). The van der Waals surface area contributed by atoms with Gasteiger partial charge in [-0.3, -0.25) is 0 Å². The van der Waals surface area contributed by atoms with Crippen molar-refractivity contribution in [2.24, 2.45) is 0 Å². The molecule has 3 nitrogen and oxygen atoms in total. The van der Waals surface area contributed by atoms with Crippen LogP contribution in [-0.4, -0.2) is 16.0 Å². The Balaban J connectivity index is 1.92. The summed E-state index contributed by atoms with van der Waals surface area (Å²) < 4.78 is 1.05. The van der Waals surface area contributed by atoms with Crippen LogP contribution >= 0.6 is 15.9 Å². The molecule has 0 spiro atoms. The van der Waals surface area contributed by atoms with Crippen molar-refractivity contribution in [1.82, 2.24) is 15.3 Å². The lowest BCUT2D eigenvalue weighted by molar-refractivity contribution is 0.675. The Hall–Kier alpha value is -1.26. The molecule has 4 heteroatoms. The van der Waals surface area contributed by atoms with Crippen LogP contribution in [0.15, 0.2) is 22.7 Å². The monoisotopic (exact) mass is 345 g/mol. The molecule has 1 aromatic carbocycles. The van der Waals surface area contributed by atoms with Gasteiger partial charge in [0.05, 0.1) is 0 Å². The summed E-state index contributed by atoms with van der Waals surface area (Å²) in [4.78, 5) is 9.42. The molecule has 1 aliphatic carbocycles. The molecule has 0 aliphatic heterocycles. The minimum absolute atomic E-state index is 0.703. The third-order valence-corrected chi connectivity index (χ3v) is 4.59. The molecular weight excluding hydrogens is 326 g/mol. The first-order valence-electron chi connectivity index (χ1n) is 7.38. The Morgan fingerprint density at radius 1 is 1.14 bits per heavy atom. The summed E-state index contributed by atoms with van der Waals surface area (Å²) in [5.74, 6) is 0.798. The summed E-state index contributed by atoms with van der Waals surface area (Å²) in [5, 5.41) is 3.54. The fourth-order valence-electron chi connectivity index (χ4n) is 2.45. The third kappa shape index (κ3) is 3.33. The van der Waals surface area contributed by atoms with Crippen molar-refractivity contribution in [1.29, 1.82) is 0 Å². The highest BCUT2D eigenvalue weighted by molar-refractivity contribution is 9.10. The molecule has 1 heterocycles. The van der Waals surface area contributed by atoms with E-state index in [-0.39, 0.29) is 0 Å². The summed E-state index contributed by atoms with van der Waals surface area (Å²) in [7, 11) is 0. The predicted octanol–water partition coefficient (Wildman–Crippen LogP) is 4.08. The predicted molar refractivity (Wildman–Crippen MR) is 89.2 cm³/mol. The molecule has 1 saturated carbocycles. The average Bonchev–Trinajstić information content (AvgIpc) is 3.21. The maximum atomic E-state index is 4.71. The van der Waals surface area contributed by atoms with E-state index in [0.717, 1.165) is 33.8 Å². The van der Waals surface area contributed by atoms with Crippen LogP contribution in [0.2, 0.25) is 0 Å². The van der Waals surface area contributed by atoms with E-state index in [0.29, 0.717) is 6.04 Å². The number of benzene rings is 1. The lowest BCUT2D eigenvalue weighted by atomic mass is 10.1. The highest BCUT2D eigenvalue weighted by Gasteiger charge is 2.21. The number of nitrogens with zero attached hydrogens (tertiary/aromatic N) is 2. The van der Waals surface area contributed by atoms with Crippen LogP contribution in [0.3, 0.4) is 0 Å². The topological polar surface area (TPSA) is 37.8 Å². The Morgan fingerprint density at radius 3 is 2.38 bits per heavy atom. The largest absolute Gasteiger partial charge is 0.310 e. The molecule has 0 radical (unpaired) electrons. The minimum atomic E-state index is 0.703. The van der Waals surface area contributed by atoms with Crippen LogP contribution in [0, 0.1) is 20.8 Å². The van der Waals surface area contributed by atoms with Gasteiger partial charge >= 0.3 is 0 Å². The van der Waals surface area contributed by atoms with E-state index < -0.39 is 0 Å². The van der Waals surface area contributed by atoms with Gasteiger partial charge in [0.1, 0.15) is 0 Å². The first kappa shape index (κ1) is 14.7. The second-order valence-electron chi connectivity index (χ2n) is 5.84. The summed E-state index contributed by atoms with van der Waals surface area (Å²) in [6.07, 6.45) is 2.60. The van der Waals surface area contributed by atoms with Crippen molar-refractivity contribution in [2.75, 3.05) is 0 Å². The van der Waals surface area contributed by atoms with Crippen LogP contribution < -0.4 is 5.32 Å². The van der Waals surface area contributed by atoms with Gasteiger partial charge in [-0.05, 0) is 51.3 Å². The smallest absolute Gasteiger partial charge is 0.160 e. The Morgan fingerprint density at radius 2 is 1.81 bits per heavy atom. The Labute approximate surface area is 134 Å². The van der Waals surface area contributed by atoms with E-state index in [1.165, 1.54) is 24.0 Å². The summed E-state index contributed by atoms with van der Waals surface area (Å²) >= 11 is 3.62. The van der Waals surface area contributed by atoms with Gasteiger partial charge in [0, 0.05) is 39.6 Å². The fourth-order valence-corrected chi connectivity index (χ4v) is 3.12. The van der Waals surface area contributed by atoms with Gasteiger partial charge < -0.3 is 5.32 Å².